The summed E-state index contributed by atoms with van der Waals surface area (Å²) in [7, 11) is 0. The number of hydrogen-bond donors (Lipinski definition) is 0. The Morgan fingerprint density at radius 1 is 1.10 bits per heavy atom. The molecule has 0 aliphatic heterocycles. The SMILES string of the molecule is CCCOCCOC(=O)Cn1c(C)nc2sc(C)c(-c3ccc(OCC)cc3)c2c1=O. The summed E-state index contributed by atoms with van der Waals surface area (Å²) < 4.78 is 17.4. The standard InChI is InChI=1S/C23H28N2O5S/c1-5-11-28-12-13-30-19(26)14-25-16(4)24-22-21(23(25)27)20(15(3)31-22)17-7-9-18(10-8-17)29-6-2/h7-10H,5-6,11-14H2,1-4H3. The Morgan fingerprint density at radius 2 is 1.84 bits per heavy atom. The fourth-order valence-corrected chi connectivity index (χ4v) is 4.43. The van der Waals surface area contributed by atoms with Gasteiger partial charge < -0.3 is 14.2 Å². The van der Waals surface area contributed by atoms with Crippen molar-refractivity contribution >= 4 is 27.5 Å². The molecule has 31 heavy (non-hydrogen) atoms. The minimum atomic E-state index is -0.485. The van der Waals surface area contributed by atoms with Gasteiger partial charge in [0.2, 0.25) is 0 Å². The number of ether oxygens (including phenoxy) is 3. The molecule has 8 heteroatoms. The molecule has 0 saturated carbocycles. The number of nitrogens with zero attached hydrogens (tertiary/aromatic N) is 2. The Balaban J connectivity index is 1.90. The van der Waals surface area contributed by atoms with E-state index in [0.29, 0.717) is 35.9 Å². The number of aromatic nitrogens is 2. The Bertz CT molecular complexity index is 1100. The second-order valence-corrected chi connectivity index (χ2v) is 8.26. The van der Waals surface area contributed by atoms with E-state index in [0.717, 1.165) is 28.2 Å². The van der Waals surface area contributed by atoms with Gasteiger partial charge in [-0.15, -0.1) is 11.3 Å². The summed E-state index contributed by atoms with van der Waals surface area (Å²) in [5.41, 5.74) is 1.52. The molecule has 0 unspecified atom stereocenters. The summed E-state index contributed by atoms with van der Waals surface area (Å²) >= 11 is 1.48. The van der Waals surface area contributed by atoms with Crippen molar-refractivity contribution in [2.24, 2.45) is 0 Å². The number of rotatable bonds is 10. The number of thiophene rings is 1. The first-order chi connectivity index (χ1) is 15.0. The molecule has 0 fully saturated rings. The minimum Gasteiger partial charge on any atom is -0.494 e. The lowest BCUT2D eigenvalue weighted by molar-refractivity contribution is -0.146. The van der Waals surface area contributed by atoms with Crippen LogP contribution < -0.4 is 10.3 Å². The Hall–Kier alpha value is -2.71. The van der Waals surface area contributed by atoms with E-state index in [2.05, 4.69) is 4.98 Å². The zero-order valence-electron chi connectivity index (χ0n) is 18.4. The molecule has 0 radical (unpaired) electrons. The van der Waals surface area contributed by atoms with Crippen LogP contribution >= 0.6 is 11.3 Å². The van der Waals surface area contributed by atoms with Gasteiger partial charge in [-0.3, -0.25) is 14.2 Å². The van der Waals surface area contributed by atoms with Gasteiger partial charge in [-0.25, -0.2) is 4.98 Å². The molecular formula is C23H28N2O5S. The van der Waals surface area contributed by atoms with E-state index in [1.54, 1.807) is 6.92 Å². The van der Waals surface area contributed by atoms with E-state index < -0.39 is 5.97 Å². The third kappa shape index (κ3) is 5.32. The molecule has 0 aliphatic carbocycles. The second-order valence-electron chi connectivity index (χ2n) is 7.05. The molecule has 166 valence electrons. The number of aryl methyl sites for hydroxylation is 2. The van der Waals surface area contributed by atoms with Crippen molar-refractivity contribution in [3.05, 3.63) is 45.3 Å². The van der Waals surface area contributed by atoms with E-state index in [1.807, 2.05) is 45.0 Å². The van der Waals surface area contributed by atoms with E-state index in [1.165, 1.54) is 15.9 Å². The van der Waals surface area contributed by atoms with Crippen LogP contribution in [0.1, 0.15) is 31.0 Å². The van der Waals surface area contributed by atoms with Gasteiger partial charge in [0.15, 0.2) is 0 Å². The number of esters is 1. The molecule has 0 bridgehead atoms. The molecular weight excluding hydrogens is 416 g/mol. The van der Waals surface area contributed by atoms with Crippen molar-refractivity contribution in [2.45, 2.75) is 40.7 Å². The number of fused-ring (bicyclic) bond motifs is 1. The van der Waals surface area contributed by atoms with E-state index >= 15 is 0 Å². The molecule has 0 amide bonds. The quantitative estimate of drug-likeness (QED) is 0.346. The summed E-state index contributed by atoms with van der Waals surface area (Å²) in [5, 5.41) is 0.524. The summed E-state index contributed by atoms with van der Waals surface area (Å²) in [4.78, 5) is 31.9. The first-order valence-electron chi connectivity index (χ1n) is 10.4. The molecule has 0 aliphatic rings. The van der Waals surface area contributed by atoms with Crippen molar-refractivity contribution in [1.29, 1.82) is 0 Å². The van der Waals surface area contributed by atoms with Crippen LogP contribution in [0.3, 0.4) is 0 Å². The maximum absolute atomic E-state index is 13.3. The average Bonchev–Trinajstić information content (AvgIpc) is 3.07. The van der Waals surface area contributed by atoms with Crippen molar-refractivity contribution in [2.75, 3.05) is 26.4 Å². The Kier molecular flexibility index (Phi) is 7.81. The summed E-state index contributed by atoms with van der Waals surface area (Å²) in [6.07, 6.45) is 0.908. The summed E-state index contributed by atoms with van der Waals surface area (Å²) in [6, 6.07) is 7.65. The normalized spacial score (nSPS) is 11.1. The molecule has 3 aromatic rings. The lowest BCUT2D eigenvalue weighted by atomic mass is 10.0. The summed E-state index contributed by atoms with van der Waals surface area (Å²) in [6.45, 7) is 9.19. The third-order valence-electron chi connectivity index (χ3n) is 4.76. The molecule has 2 aromatic heterocycles. The van der Waals surface area contributed by atoms with Crippen LogP contribution in [-0.4, -0.2) is 41.9 Å². The van der Waals surface area contributed by atoms with Crippen LogP contribution in [0.25, 0.3) is 21.3 Å². The lowest BCUT2D eigenvalue weighted by Gasteiger charge is -2.11. The van der Waals surface area contributed by atoms with Crippen molar-refractivity contribution in [3.63, 3.8) is 0 Å². The average molecular weight is 445 g/mol. The van der Waals surface area contributed by atoms with Crippen LogP contribution in [0.15, 0.2) is 29.1 Å². The fraction of sp³-hybridized carbons (Fsp3) is 0.435. The Morgan fingerprint density at radius 3 is 2.52 bits per heavy atom. The van der Waals surface area contributed by atoms with Gasteiger partial charge in [-0.2, -0.15) is 0 Å². The van der Waals surface area contributed by atoms with Gasteiger partial charge in [-0.05, 0) is 44.9 Å². The minimum absolute atomic E-state index is 0.164. The highest BCUT2D eigenvalue weighted by atomic mass is 32.1. The number of hydrogen-bond acceptors (Lipinski definition) is 7. The topological polar surface area (TPSA) is 79.7 Å². The highest BCUT2D eigenvalue weighted by molar-refractivity contribution is 7.19. The summed E-state index contributed by atoms with van der Waals surface area (Å²) in [5.74, 6) is 0.776. The van der Waals surface area contributed by atoms with E-state index in [-0.39, 0.29) is 18.7 Å². The molecule has 0 atom stereocenters. The first-order valence-corrected chi connectivity index (χ1v) is 11.2. The third-order valence-corrected chi connectivity index (χ3v) is 5.76. The van der Waals surface area contributed by atoms with Crippen LogP contribution in [0, 0.1) is 13.8 Å². The van der Waals surface area contributed by atoms with Crippen LogP contribution in [0.2, 0.25) is 0 Å². The highest BCUT2D eigenvalue weighted by Gasteiger charge is 2.20. The maximum atomic E-state index is 13.3. The molecule has 0 N–H and O–H groups in total. The van der Waals surface area contributed by atoms with Crippen molar-refractivity contribution in [1.82, 2.24) is 9.55 Å². The number of carbonyl (C=O) groups is 1. The zero-order valence-corrected chi connectivity index (χ0v) is 19.2. The van der Waals surface area contributed by atoms with Gasteiger partial charge in [0.1, 0.15) is 29.6 Å². The smallest absolute Gasteiger partial charge is 0.326 e. The van der Waals surface area contributed by atoms with E-state index in [9.17, 15) is 9.59 Å². The van der Waals surface area contributed by atoms with Gasteiger partial charge in [-0.1, -0.05) is 19.1 Å². The largest absolute Gasteiger partial charge is 0.494 e. The van der Waals surface area contributed by atoms with E-state index in [4.69, 9.17) is 14.2 Å². The zero-order chi connectivity index (χ0) is 22.4. The maximum Gasteiger partial charge on any atom is 0.326 e. The first kappa shape index (κ1) is 23.0. The van der Waals surface area contributed by atoms with Gasteiger partial charge in [0.05, 0.1) is 18.6 Å². The molecule has 0 saturated heterocycles. The molecule has 1 aromatic carbocycles. The monoisotopic (exact) mass is 444 g/mol. The van der Waals surface area contributed by atoms with Crippen molar-refractivity contribution in [3.8, 4) is 16.9 Å². The highest BCUT2D eigenvalue weighted by Crippen LogP contribution is 2.36. The van der Waals surface area contributed by atoms with Crippen molar-refractivity contribution < 1.29 is 19.0 Å². The molecule has 7 nitrogen and oxygen atoms in total. The lowest BCUT2D eigenvalue weighted by Crippen LogP contribution is -2.28. The predicted octanol–water partition coefficient (Wildman–Crippen LogP) is 4.11. The van der Waals surface area contributed by atoms with Crippen LogP contribution in [0.4, 0.5) is 0 Å². The van der Waals surface area contributed by atoms with Gasteiger partial charge in [0, 0.05) is 17.0 Å². The van der Waals surface area contributed by atoms with Gasteiger partial charge >= 0.3 is 5.97 Å². The predicted molar refractivity (Wildman–Crippen MR) is 122 cm³/mol. The number of benzene rings is 1. The molecule has 2 heterocycles. The molecule has 3 rings (SSSR count). The molecule has 0 spiro atoms. The Labute approximate surface area is 185 Å². The fourth-order valence-electron chi connectivity index (χ4n) is 3.35. The second kappa shape index (κ2) is 10.5. The van der Waals surface area contributed by atoms with Crippen LogP contribution in [0.5, 0.6) is 5.75 Å². The van der Waals surface area contributed by atoms with Crippen LogP contribution in [-0.2, 0) is 20.8 Å². The van der Waals surface area contributed by atoms with Gasteiger partial charge in [0.25, 0.3) is 5.56 Å². The number of carbonyl (C=O) groups excluding carboxylic acids is 1.